The lowest BCUT2D eigenvalue weighted by molar-refractivity contribution is -0.155. The maximum atomic E-state index is 14.1. The summed E-state index contributed by atoms with van der Waals surface area (Å²) in [7, 11) is 0. The van der Waals surface area contributed by atoms with Crippen LogP contribution in [0, 0.1) is 11.7 Å². The number of nitrogens with zero attached hydrogens (tertiary/aromatic N) is 3. The Kier molecular flexibility index (Phi) is 7.14. The summed E-state index contributed by atoms with van der Waals surface area (Å²) in [6.07, 6.45) is 2.01. The van der Waals surface area contributed by atoms with Gasteiger partial charge in [0.15, 0.2) is 11.5 Å². The molecule has 1 aromatic rings. The van der Waals surface area contributed by atoms with E-state index in [1.807, 2.05) is 19.9 Å². The van der Waals surface area contributed by atoms with Crippen molar-refractivity contribution in [3.05, 3.63) is 35.6 Å². The number of hydrogen-bond acceptors (Lipinski definition) is 6. The van der Waals surface area contributed by atoms with Crippen molar-refractivity contribution < 1.29 is 14.0 Å². The number of carbonyl (C=O) groups excluding carboxylic acids is 2. The van der Waals surface area contributed by atoms with Gasteiger partial charge in [-0.3, -0.25) is 15.0 Å². The second-order valence-corrected chi connectivity index (χ2v) is 10.3. The number of thioether (sulfide) groups is 1. The summed E-state index contributed by atoms with van der Waals surface area (Å²) in [5, 5.41) is 8.08. The molecule has 7 nitrogen and oxygen atoms in total. The van der Waals surface area contributed by atoms with Crippen LogP contribution in [0.15, 0.2) is 29.4 Å². The van der Waals surface area contributed by atoms with Gasteiger partial charge in [-0.1, -0.05) is 30.0 Å². The zero-order valence-corrected chi connectivity index (χ0v) is 19.8. The Balaban J connectivity index is 1.51. The van der Waals surface area contributed by atoms with Crippen LogP contribution in [0.25, 0.3) is 0 Å². The summed E-state index contributed by atoms with van der Waals surface area (Å²) in [6, 6.07) is 6.75. The van der Waals surface area contributed by atoms with Gasteiger partial charge in [0, 0.05) is 36.2 Å². The van der Waals surface area contributed by atoms with Gasteiger partial charge in [0.25, 0.3) is 0 Å². The van der Waals surface area contributed by atoms with Crippen molar-refractivity contribution in [2.75, 3.05) is 6.54 Å². The van der Waals surface area contributed by atoms with Crippen LogP contribution in [0.5, 0.6) is 0 Å². The number of nitrogens with one attached hydrogen (secondary N) is 2. The number of fused-ring (bicyclic) bond motifs is 3. The van der Waals surface area contributed by atoms with Gasteiger partial charge in [-0.15, -0.1) is 11.6 Å². The van der Waals surface area contributed by atoms with Crippen molar-refractivity contribution in [1.82, 2.24) is 20.5 Å². The van der Waals surface area contributed by atoms with E-state index < -0.39 is 6.29 Å². The number of halogens is 2. The Morgan fingerprint density at radius 3 is 2.91 bits per heavy atom. The van der Waals surface area contributed by atoms with E-state index in [4.69, 9.17) is 11.6 Å². The van der Waals surface area contributed by atoms with Crippen LogP contribution in [0.3, 0.4) is 0 Å². The van der Waals surface area contributed by atoms with Crippen LogP contribution in [0.1, 0.15) is 45.1 Å². The normalized spacial score (nSPS) is 27.0. The lowest BCUT2D eigenvalue weighted by Gasteiger charge is -2.51. The van der Waals surface area contributed by atoms with E-state index in [9.17, 15) is 14.0 Å². The third-order valence-electron chi connectivity index (χ3n) is 6.11. The largest absolute Gasteiger partial charge is 0.354 e. The number of benzene rings is 1. The van der Waals surface area contributed by atoms with Gasteiger partial charge in [0.2, 0.25) is 11.8 Å². The van der Waals surface area contributed by atoms with Crippen LogP contribution < -0.4 is 10.7 Å². The maximum Gasteiger partial charge on any atom is 0.230 e. The lowest BCUT2D eigenvalue weighted by Crippen LogP contribution is -2.67. The van der Waals surface area contributed by atoms with E-state index in [1.54, 1.807) is 17.0 Å². The zero-order chi connectivity index (χ0) is 22.8. The molecular weight excluding hydrogens is 453 g/mol. The highest BCUT2D eigenvalue weighted by Crippen LogP contribution is 2.40. The van der Waals surface area contributed by atoms with Gasteiger partial charge in [-0.05, 0) is 44.7 Å². The van der Waals surface area contributed by atoms with E-state index in [-0.39, 0.29) is 47.4 Å². The molecule has 174 valence electrons. The number of hydrazone groups is 1. The highest BCUT2D eigenvalue weighted by atomic mass is 35.5. The van der Waals surface area contributed by atoms with Crippen LogP contribution in [-0.4, -0.2) is 57.1 Å². The Labute approximate surface area is 197 Å². The number of amides is 2. The molecule has 2 amide bonds. The van der Waals surface area contributed by atoms with Crippen LogP contribution in [0.4, 0.5) is 4.39 Å². The first-order valence-corrected chi connectivity index (χ1v) is 12.5. The Morgan fingerprint density at radius 1 is 1.38 bits per heavy atom. The molecule has 10 heteroatoms. The molecule has 4 atom stereocenters. The SMILES string of the molecule is CC(C)NC(=O)CCN1C(=O)C2CC(Cl)CCC2N2C(SCc3ccccc3F)=NNC12. The van der Waals surface area contributed by atoms with Crippen molar-refractivity contribution in [2.24, 2.45) is 11.0 Å². The van der Waals surface area contributed by atoms with Crippen molar-refractivity contribution in [3.8, 4) is 0 Å². The topological polar surface area (TPSA) is 77.0 Å². The molecular formula is C22H29ClFN5O2S. The number of hydrogen-bond donors (Lipinski definition) is 2. The van der Waals surface area contributed by atoms with Gasteiger partial charge in [0.1, 0.15) is 5.82 Å². The molecule has 0 aromatic heterocycles. The van der Waals surface area contributed by atoms with Crippen LogP contribution in [-0.2, 0) is 15.3 Å². The Morgan fingerprint density at radius 2 is 2.16 bits per heavy atom. The van der Waals surface area contributed by atoms with E-state index in [2.05, 4.69) is 20.7 Å². The minimum absolute atomic E-state index is 0.00916. The summed E-state index contributed by atoms with van der Waals surface area (Å²) in [6.45, 7) is 4.11. The molecule has 1 aliphatic carbocycles. The van der Waals surface area contributed by atoms with Gasteiger partial charge in [-0.2, -0.15) is 5.10 Å². The number of alkyl halides is 1. The summed E-state index contributed by atoms with van der Waals surface area (Å²) in [5.41, 5.74) is 3.70. The molecule has 2 heterocycles. The molecule has 4 rings (SSSR count). The Bertz CT molecular complexity index is 901. The highest BCUT2D eigenvalue weighted by Gasteiger charge is 2.52. The summed E-state index contributed by atoms with van der Waals surface area (Å²) < 4.78 is 14.1. The van der Waals surface area contributed by atoms with E-state index >= 15 is 0 Å². The van der Waals surface area contributed by atoms with Crippen molar-refractivity contribution in [2.45, 2.75) is 69.0 Å². The fourth-order valence-electron chi connectivity index (χ4n) is 4.63. The van der Waals surface area contributed by atoms with Crippen molar-refractivity contribution in [3.63, 3.8) is 0 Å². The average molecular weight is 482 g/mol. The third-order valence-corrected chi connectivity index (χ3v) is 7.52. The first-order valence-electron chi connectivity index (χ1n) is 11.1. The predicted molar refractivity (Wildman–Crippen MR) is 124 cm³/mol. The monoisotopic (exact) mass is 481 g/mol. The van der Waals surface area contributed by atoms with E-state index in [0.29, 0.717) is 24.3 Å². The molecule has 2 aliphatic heterocycles. The first kappa shape index (κ1) is 23.2. The second kappa shape index (κ2) is 9.87. The first-order chi connectivity index (χ1) is 15.3. The van der Waals surface area contributed by atoms with Crippen molar-refractivity contribution in [1.29, 1.82) is 0 Å². The molecule has 0 radical (unpaired) electrons. The second-order valence-electron chi connectivity index (χ2n) is 8.77. The molecule has 1 saturated heterocycles. The van der Waals surface area contributed by atoms with Gasteiger partial charge in [-0.25, -0.2) is 4.39 Å². The average Bonchev–Trinajstić information content (AvgIpc) is 3.16. The Hall–Kier alpha value is -2.00. The molecule has 2 N–H and O–H groups in total. The summed E-state index contributed by atoms with van der Waals surface area (Å²) in [5.74, 6) is -0.114. The summed E-state index contributed by atoms with van der Waals surface area (Å²) >= 11 is 7.88. The molecule has 2 fully saturated rings. The number of carbonyl (C=O) groups is 2. The third kappa shape index (κ3) is 4.83. The smallest absolute Gasteiger partial charge is 0.230 e. The maximum absolute atomic E-state index is 14.1. The minimum atomic E-state index is -0.439. The molecule has 1 aromatic carbocycles. The predicted octanol–water partition coefficient (Wildman–Crippen LogP) is 3.05. The van der Waals surface area contributed by atoms with Crippen LogP contribution in [0.2, 0.25) is 0 Å². The molecule has 3 aliphatic rings. The van der Waals surface area contributed by atoms with E-state index in [0.717, 1.165) is 18.0 Å². The quantitative estimate of drug-likeness (QED) is 0.611. The fraction of sp³-hybridized carbons (Fsp3) is 0.591. The lowest BCUT2D eigenvalue weighted by atomic mass is 9.81. The van der Waals surface area contributed by atoms with Gasteiger partial charge in [0.05, 0.1) is 5.92 Å². The van der Waals surface area contributed by atoms with Gasteiger partial charge < -0.3 is 15.1 Å². The highest BCUT2D eigenvalue weighted by molar-refractivity contribution is 8.13. The molecule has 4 unspecified atom stereocenters. The minimum Gasteiger partial charge on any atom is -0.354 e. The molecule has 32 heavy (non-hydrogen) atoms. The zero-order valence-electron chi connectivity index (χ0n) is 18.3. The molecule has 0 bridgehead atoms. The molecule has 1 saturated carbocycles. The summed E-state index contributed by atoms with van der Waals surface area (Å²) in [4.78, 5) is 29.4. The fourth-order valence-corrected chi connectivity index (χ4v) is 5.97. The number of rotatable bonds is 6. The number of amidine groups is 1. The van der Waals surface area contributed by atoms with E-state index in [1.165, 1.54) is 17.8 Å². The van der Waals surface area contributed by atoms with Gasteiger partial charge >= 0.3 is 0 Å². The van der Waals surface area contributed by atoms with Crippen LogP contribution >= 0.6 is 23.4 Å². The van der Waals surface area contributed by atoms with Crippen molar-refractivity contribution >= 4 is 40.3 Å². The standard InChI is InChI=1S/C22H29ClFN5O2S/c1-13(2)25-19(30)9-10-28-20(31)16-11-15(23)7-8-18(16)29-21(28)26-27-22(29)32-12-14-5-3-4-6-17(14)24/h3-6,13,15-16,18,21,26H,7-12H2,1-2H3,(H,25,30). The molecule has 0 spiro atoms.